The van der Waals surface area contributed by atoms with Crippen LogP contribution in [-0.4, -0.2) is 27.9 Å². The van der Waals surface area contributed by atoms with Crippen molar-refractivity contribution in [3.63, 3.8) is 0 Å². The van der Waals surface area contributed by atoms with E-state index in [-0.39, 0.29) is 6.54 Å². The highest BCUT2D eigenvalue weighted by molar-refractivity contribution is 7.12. The van der Waals surface area contributed by atoms with Gasteiger partial charge in [-0.1, -0.05) is 29.8 Å². The van der Waals surface area contributed by atoms with Crippen LogP contribution in [0, 0.1) is 0 Å². The van der Waals surface area contributed by atoms with E-state index in [0.717, 1.165) is 35.9 Å². The summed E-state index contributed by atoms with van der Waals surface area (Å²) in [5, 5.41) is 5.13. The normalized spacial score (nSPS) is 15.0. The van der Waals surface area contributed by atoms with Gasteiger partial charge in [-0.15, -0.1) is 16.4 Å². The van der Waals surface area contributed by atoms with Crippen molar-refractivity contribution in [1.82, 2.24) is 14.8 Å². The minimum Gasteiger partial charge on any atom is -0.335 e. The van der Waals surface area contributed by atoms with Crippen molar-refractivity contribution in [3.8, 4) is 0 Å². The summed E-state index contributed by atoms with van der Waals surface area (Å²) in [5.74, 6) is 0.582. The van der Waals surface area contributed by atoms with Crippen molar-refractivity contribution in [3.05, 3.63) is 69.1 Å². The van der Waals surface area contributed by atoms with Gasteiger partial charge in [0.1, 0.15) is 11.2 Å². The van der Waals surface area contributed by atoms with Crippen molar-refractivity contribution >= 4 is 34.5 Å². The van der Waals surface area contributed by atoms with Gasteiger partial charge in [0.15, 0.2) is 0 Å². The summed E-state index contributed by atoms with van der Waals surface area (Å²) in [6.07, 6.45) is 0.247. The van der Waals surface area contributed by atoms with E-state index in [4.69, 9.17) is 11.6 Å². The Morgan fingerprint density at radius 2 is 1.89 bits per heavy atom. The topological polar surface area (TPSA) is 34.0 Å². The molecule has 0 spiro atoms. The van der Waals surface area contributed by atoms with Crippen LogP contribution in [0.15, 0.2) is 48.8 Å². The molecule has 0 radical (unpaired) electrons. The van der Waals surface area contributed by atoms with E-state index >= 15 is 0 Å². The Morgan fingerprint density at radius 1 is 1.11 bits per heavy atom. The molecule has 0 aliphatic carbocycles. The molecule has 3 heterocycles. The second-order valence-corrected chi connectivity index (χ2v) is 8.04. The molecule has 1 aliphatic heterocycles. The highest BCUT2D eigenvalue weighted by Crippen LogP contribution is 2.34. The smallest absolute Gasteiger partial charge is 0.335 e. The van der Waals surface area contributed by atoms with Crippen molar-refractivity contribution < 1.29 is 13.2 Å². The zero-order chi connectivity index (χ0) is 19.7. The zero-order valence-electron chi connectivity index (χ0n) is 14.7. The van der Waals surface area contributed by atoms with Crippen LogP contribution in [0.4, 0.5) is 19.1 Å². The lowest BCUT2D eigenvalue weighted by Gasteiger charge is -2.25. The first kappa shape index (κ1) is 19.0. The monoisotopic (exact) mass is 424 g/mol. The predicted octanol–water partition coefficient (Wildman–Crippen LogP) is 5.35. The largest absolute Gasteiger partial charge is 0.425 e. The first-order chi connectivity index (χ1) is 13.4. The van der Waals surface area contributed by atoms with Crippen LogP contribution in [0.25, 0.3) is 5.57 Å². The molecule has 0 saturated carbocycles. The summed E-state index contributed by atoms with van der Waals surface area (Å²) >= 11 is 6.67. The third-order valence-electron chi connectivity index (χ3n) is 4.49. The van der Waals surface area contributed by atoms with E-state index in [0.29, 0.717) is 22.4 Å². The van der Waals surface area contributed by atoms with Crippen molar-refractivity contribution in [1.29, 1.82) is 0 Å². The van der Waals surface area contributed by atoms with Crippen LogP contribution in [-0.2, 0) is 12.7 Å². The number of aromatic nitrogens is 3. The Balaban J connectivity index is 1.41. The number of benzene rings is 1. The molecule has 1 aromatic carbocycles. The Bertz CT molecular complexity index is 991. The Labute approximate surface area is 168 Å². The molecule has 0 saturated heterocycles. The van der Waals surface area contributed by atoms with Crippen LogP contribution >= 0.6 is 22.9 Å². The molecule has 0 N–H and O–H groups in total. The van der Waals surface area contributed by atoms with E-state index in [1.165, 1.54) is 11.6 Å². The Morgan fingerprint density at radius 3 is 2.54 bits per heavy atom. The number of hydrogen-bond acceptors (Lipinski definition) is 4. The lowest BCUT2D eigenvalue weighted by Crippen LogP contribution is -2.29. The lowest BCUT2D eigenvalue weighted by atomic mass is 10.00. The van der Waals surface area contributed by atoms with Crippen molar-refractivity contribution in [2.45, 2.75) is 19.1 Å². The van der Waals surface area contributed by atoms with Gasteiger partial charge in [0, 0.05) is 23.0 Å². The number of hydrogen-bond donors (Lipinski definition) is 0. The molecule has 0 atom stereocenters. The van der Waals surface area contributed by atoms with Crippen molar-refractivity contribution in [2.24, 2.45) is 0 Å². The van der Waals surface area contributed by atoms with Crippen LogP contribution in [0.5, 0.6) is 0 Å². The first-order valence-corrected chi connectivity index (χ1v) is 9.83. The molecule has 4 rings (SSSR count). The molecule has 146 valence electrons. The van der Waals surface area contributed by atoms with Gasteiger partial charge >= 0.3 is 6.18 Å². The molecule has 4 nitrogen and oxygen atoms in total. The van der Waals surface area contributed by atoms with E-state index < -0.39 is 11.1 Å². The highest BCUT2D eigenvalue weighted by Gasteiger charge is 2.32. The summed E-state index contributed by atoms with van der Waals surface area (Å²) in [5.41, 5.74) is 2.41. The van der Waals surface area contributed by atoms with E-state index in [1.54, 1.807) is 11.0 Å². The summed E-state index contributed by atoms with van der Waals surface area (Å²) < 4.78 is 39.7. The molecule has 3 aromatic rings. The standard InChI is InChI=1S/C19H16ClF3N4S/c20-15-3-1-13(2-4-15)14-7-9-26(10-8-14)18-24-12-27(25-18)11-16-5-6-17(28-16)19(21,22)23/h1-7,12H,8-11H2. The maximum atomic E-state index is 12.7. The van der Waals surface area contributed by atoms with E-state index in [9.17, 15) is 13.2 Å². The molecule has 1 aliphatic rings. The highest BCUT2D eigenvalue weighted by atomic mass is 35.5. The number of halogens is 4. The van der Waals surface area contributed by atoms with Crippen LogP contribution in [0.2, 0.25) is 5.02 Å². The fourth-order valence-corrected chi connectivity index (χ4v) is 4.05. The van der Waals surface area contributed by atoms with Crippen LogP contribution < -0.4 is 4.90 Å². The van der Waals surface area contributed by atoms with Gasteiger partial charge < -0.3 is 4.90 Å². The molecule has 0 fully saturated rings. The van der Waals surface area contributed by atoms with Gasteiger partial charge in [0.2, 0.25) is 5.95 Å². The fourth-order valence-electron chi connectivity index (χ4n) is 3.06. The summed E-state index contributed by atoms with van der Waals surface area (Å²) in [4.78, 5) is 6.35. The van der Waals surface area contributed by atoms with Gasteiger partial charge in [-0.25, -0.2) is 9.67 Å². The first-order valence-electron chi connectivity index (χ1n) is 8.64. The molecule has 0 bridgehead atoms. The van der Waals surface area contributed by atoms with Gasteiger partial charge in [0.05, 0.1) is 6.54 Å². The third kappa shape index (κ3) is 4.23. The van der Waals surface area contributed by atoms with E-state index in [2.05, 4.69) is 16.2 Å². The number of anilines is 1. The average molecular weight is 425 g/mol. The maximum Gasteiger partial charge on any atom is 0.425 e. The summed E-state index contributed by atoms with van der Waals surface area (Å²) in [6, 6.07) is 10.4. The van der Waals surface area contributed by atoms with Gasteiger partial charge in [-0.3, -0.25) is 0 Å². The molecular formula is C19H16ClF3N4S. The average Bonchev–Trinajstić information content (AvgIpc) is 3.32. The summed E-state index contributed by atoms with van der Waals surface area (Å²) in [6.45, 7) is 1.72. The van der Waals surface area contributed by atoms with Crippen LogP contribution in [0.1, 0.15) is 21.7 Å². The number of thiophene rings is 1. The second-order valence-electron chi connectivity index (χ2n) is 6.44. The number of nitrogens with zero attached hydrogens (tertiary/aromatic N) is 4. The summed E-state index contributed by atoms with van der Waals surface area (Å²) in [7, 11) is 0. The SMILES string of the molecule is FC(F)(F)c1ccc(Cn2cnc(N3CC=C(c4ccc(Cl)cc4)CC3)n2)s1. The lowest BCUT2D eigenvalue weighted by molar-refractivity contribution is -0.134. The molecule has 2 aromatic heterocycles. The number of rotatable bonds is 4. The van der Waals surface area contributed by atoms with E-state index in [1.807, 2.05) is 29.2 Å². The molecule has 9 heteroatoms. The minimum atomic E-state index is -4.31. The predicted molar refractivity (Wildman–Crippen MR) is 105 cm³/mol. The Kier molecular flexibility index (Phi) is 5.16. The van der Waals surface area contributed by atoms with Gasteiger partial charge in [0.25, 0.3) is 0 Å². The second kappa shape index (κ2) is 7.60. The van der Waals surface area contributed by atoms with Gasteiger partial charge in [-0.2, -0.15) is 13.2 Å². The Hall–Kier alpha value is -2.32. The van der Waals surface area contributed by atoms with Crippen LogP contribution in [0.3, 0.4) is 0 Å². The third-order valence-corrected chi connectivity index (χ3v) is 5.86. The molecular weight excluding hydrogens is 409 g/mol. The molecule has 28 heavy (non-hydrogen) atoms. The van der Waals surface area contributed by atoms with Gasteiger partial charge in [-0.05, 0) is 41.8 Å². The van der Waals surface area contributed by atoms with Crippen molar-refractivity contribution in [2.75, 3.05) is 18.0 Å². The minimum absolute atomic E-state index is 0.271. The number of alkyl halides is 3. The zero-order valence-corrected chi connectivity index (χ0v) is 16.2. The molecule has 0 unspecified atom stereocenters. The maximum absolute atomic E-state index is 12.7. The molecule has 0 amide bonds. The fraction of sp³-hybridized carbons (Fsp3) is 0.263. The quantitative estimate of drug-likeness (QED) is 0.566.